The SMILES string of the molecule is COc1cc(OC)c(Cl)c(-n2c(-c3ccc(F)cc3Cl)c(Cl)c(=O)n(C)c2=O)c1. The maximum atomic E-state index is 13.6. The predicted octanol–water partition coefficient (Wildman–Crippen LogP) is 4.32. The number of aromatic nitrogens is 2. The number of halogens is 4. The van der Waals surface area contributed by atoms with Crippen LogP contribution in [0.4, 0.5) is 4.39 Å². The van der Waals surface area contributed by atoms with Crippen molar-refractivity contribution in [3.05, 3.63) is 72.1 Å². The first kappa shape index (κ1) is 21.2. The molecule has 0 saturated carbocycles. The Hall–Kier alpha value is -2.48. The Bertz CT molecular complexity index is 1240. The van der Waals surface area contributed by atoms with E-state index in [-0.39, 0.29) is 37.8 Å². The van der Waals surface area contributed by atoms with Gasteiger partial charge in [0.05, 0.1) is 30.6 Å². The molecule has 0 unspecified atom stereocenters. The van der Waals surface area contributed by atoms with E-state index in [9.17, 15) is 14.0 Å². The second-order valence-electron chi connectivity index (χ2n) is 5.93. The van der Waals surface area contributed by atoms with Crippen LogP contribution in [-0.4, -0.2) is 23.4 Å². The maximum Gasteiger partial charge on any atom is 0.335 e. The monoisotopic (exact) mass is 458 g/mol. The maximum absolute atomic E-state index is 13.6. The summed E-state index contributed by atoms with van der Waals surface area (Å²) in [7, 11) is 4.10. The number of hydrogen-bond donors (Lipinski definition) is 0. The lowest BCUT2D eigenvalue weighted by Crippen LogP contribution is -2.38. The molecule has 0 radical (unpaired) electrons. The molecule has 0 spiro atoms. The van der Waals surface area contributed by atoms with Gasteiger partial charge < -0.3 is 9.47 Å². The van der Waals surface area contributed by atoms with Gasteiger partial charge in [0.1, 0.15) is 27.4 Å². The number of rotatable bonds is 4. The number of methoxy groups -OCH3 is 2. The molecule has 152 valence electrons. The summed E-state index contributed by atoms with van der Waals surface area (Å²) in [6.07, 6.45) is 0. The number of hydrogen-bond acceptors (Lipinski definition) is 4. The molecule has 0 fully saturated rings. The summed E-state index contributed by atoms with van der Waals surface area (Å²) in [5.41, 5.74) is -1.21. The topological polar surface area (TPSA) is 62.5 Å². The Labute approximate surface area is 179 Å². The van der Waals surface area contributed by atoms with Gasteiger partial charge in [-0.3, -0.25) is 13.9 Å². The van der Waals surface area contributed by atoms with Crippen LogP contribution in [0.3, 0.4) is 0 Å². The Kier molecular flexibility index (Phi) is 5.93. The first-order valence-corrected chi connectivity index (χ1v) is 9.23. The third kappa shape index (κ3) is 3.61. The van der Waals surface area contributed by atoms with Gasteiger partial charge in [0.15, 0.2) is 0 Å². The van der Waals surface area contributed by atoms with Gasteiger partial charge in [-0.25, -0.2) is 9.18 Å². The van der Waals surface area contributed by atoms with E-state index in [1.807, 2.05) is 0 Å². The van der Waals surface area contributed by atoms with Crippen LogP contribution in [0.1, 0.15) is 0 Å². The van der Waals surface area contributed by atoms with Gasteiger partial charge >= 0.3 is 5.69 Å². The van der Waals surface area contributed by atoms with Crippen molar-refractivity contribution in [2.45, 2.75) is 0 Å². The molecular weight excluding hydrogens is 446 g/mol. The van der Waals surface area contributed by atoms with E-state index in [1.165, 1.54) is 39.5 Å². The molecule has 0 aliphatic heterocycles. The molecule has 0 aliphatic rings. The highest BCUT2D eigenvalue weighted by Gasteiger charge is 2.24. The lowest BCUT2D eigenvalue weighted by molar-refractivity contribution is 0.394. The van der Waals surface area contributed by atoms with Crippen molar-refractivity contribution in [1.29, 1.82) is 0 Å². The van der Waals surface area contributed by atoms with Gasteiger partial charge in [-0.2, -0.15) is 0 Å². The van der Waals surface area contributed by atoms with Gasteiger partial charge in [-0.1, -0.05) is 34.8 Å². The molecule has 1 aromatic heterocycles. The second-order valence-corrected chi connectivity index (χ2v) is 7.09. The fourth-order valence-electron chi connectivity index (χ4n) is 2.81. The minimum atomic E-state index is -0.744. The largest absolute Gasteiger partial charge is 0.497 e. The predicted molar refractivity (Wildman–Crippen MR) is 111 cm³/mol. The van der Waals surface area contributed by atoms with Crippen LogP contribution >= 0.6 is 34.8 Å². The summed E-state index contributed by atoms with van der Waals surface area (Å²) in [6.45, 7) is 0. The van der Waals surface area contributed by atoms with Crippen LogP contribution in [0.2, 0.25) is 15.1 Å². The van der Waals surface area contributed by atoms with Gasteiger partial charge in [0, 0.05) is 24.7 Å². The number of ether oxygens (including phenoxy) is 2. The van der Waals surface area contributed by atoms with E-state index >= 15 is 0 Å². The van der Waals surface area contributed by atoms with E-state index in [1.54, 1.807) is 0 Å². The summed E-state index contributed by atoms with van der Waals surface area (Å²) >= 11 is 19.0. The summed E-state index contributed by atoms with van der Waals surface area (Å²) in [6, 6.07) is 6.52. The zero-order chi connectivity index (χ0) is 21.5. The molecule has 6 nitrogen and oxygen atoms in total. The van der Waals surface area contributed by atoms with Crippen molar-refractivity contribution in [1.82, 2.24) is 9.13 Å². The van der Waals surface area contributed by atoms with Crippen molar-refractivity contribution in [2.75, 3.05) is 14.2 Å². The van der Waals surface area contributed by atoms with Crippen LogP contribution in [0.25, 0.3) is 16.9 Å². The molecule has 3 rings (SSSR count). The van der Waals surface area contributed by atoms with E-state index in [4.69, 9.17) is 44.3 Å². The molecule has 0 N–H and O–H groups in total. The zero-order valence-electron chi connectivity index (χ0n) is 15.4. The summed E-state index contributed by atoms with van der Waals surface area (Å²) in [5.74, 6) is -0.0167. The molecular formula is C19H14Cl3FN2O4. The molecule has 2 aromatic carbocycles. The lowest BCUT2D eigenvalue weighted by atomic mass is 10.1. The standard InChI is InChI=1S/C19H14Cl3FN2O4/c1-24-18(26)16(22)17(11-5-4-9(23)6-12(11)20)25(19(24)27)13-7-10(28-2)8-14(29-3)15(13)21/h4-8H,1-3H3. The highest BCUT2D eigenvalue weighted by Crippen LogP contribution is 2.39. The van der Waals surface area contributed by atoms with Crippen molar-refractivity contribution in [2.24, 2.45) is 7.05 Å². The zero-order valence-corrected chi connectivity index (χ0v) is 17.7. The summed E-state index contributed by atoms with van der Waals surface area (Å²) in [5, 5.41) is -0.262. The Morgan fingerprint density at radius 2 is 1.66 bits per heavy atom. The van der Waals surface area contributed by atoms with Gasteiger partial charge in [0.25, 0.3) is 5.56 Å². The quantitative estimate of drug-likeness (QED) is 0.583. The third-order valence-electron chi connectivity index (χ3n) is 4.28. The van der Waals surface area contributed by atoms with Gasteiger partial charge in [0.2, 0.25) is 0 Å². The highest BCUT2D eigenvalue weighted by atomic mass is 35.5. The van der Waals surface area contributed by atoms with Crippen LogP contribution < -0.4 is 20.7 Å². The Balaban J connectivity index is 2.54. The molecule has 3 aromatic rings. The fraction of sp³-hybridized carbons (Fsp3) is 0.158. The van der Waals surface area contributed by atoms with Crippen LogP contribution in [0.15, 0.2) is 39.9 Å². The molecule has 0 saturated heterocycles. The summed E-state index contributed by atoms with van der Waals surface area (Å²) in [4.78, 5) is 25.6. The Morgan fingerprint density at radius 1 is 0.966 bits per heavy atom. The fourth-order valence-corrected chi connectivity index (χ4v) is 3.65. The first-order valence-electron chi connectivity index (χ1n) is 8.10. The molecule has 0 atom stereocenters. The van der Waals surface area contributed by atoms with Crippen molar-refractivity contribution < 1.29 is 13.9 Å². The van der Waals surface area contributed by atoms with Crippen molar-refractivity contribution in [3.8, 4) is 28.4 Å². The Morgan fingerprint density at radius 3 is 2.24 bits per heavy atom. The van der Waals surface area contributed by atoms with Crippen LogP contribution in [0, 0.1) is 5.82 Å². The van der Waals surface area contributed by atoms with Gasteiger partial charge in [-0.05, 0) is 18.2 Å². The normalized spacial score (nSPS) is 10.9. The van der Waals surface area contributed by atoms with E-state index in [0.717, 1.165) is 21.3 Å². The summed E-state index contributed by atoms with van der Waals surface area (Å²) < 4.78 is 26.0. The first-order chi connectivity index (χ1) is 13.7. The number of benzene rings is 2. The van der Waals surface area contributed by atoms with Crippen molar-refractivity contribution >= 4 is 34.8 Å². The molecule has 0 aliphatic carbocycles. The van der Waals surface area contributed by atoms with Crippen LogP contribution in [0.5, 0.6) is 11.5 Å². The smallest absolute Gasteiger partial charge is 0.335 e. The lowest BCUT2D eigenvalue weighted by Gasteiger charge is -2.19. The average Bonchev–Trinajstić information content (AvgIpc) is 2.70. The van der Waals surface area contributed by atoms with E-state index in [2.05, 4.69) is 0 Å². The minimum Gasteiger partial charge on any atom is -0.497 e. The molecule has 29 heavy (non-hydrogen) atoms. The molecule has 0 bridgehead atoms. The van der Waals surface area contributed by atoms with E-state index in [0.29, 0.717) is 5.75 Å². The third-order valence-corrected chi connectivity index (χ3v) is 5.31. The molecule has 1 heterocycles. The van der Waals surface area contributed by atoms with Gasteiger partial charge in [-0.15, -0.1) is 0 Å². The average molecular weight is 460 g/mol. The van der Waals surface area contributed by atoms with Crippen molar-refractivity contribution in [3.63, 3.8) is 0 Å². The van der Waals surface area contributed by atoms with Crippen LogP contribution in [-0.2, 0) is 7.05 Å². The second kappa shape index (κ2) is 8.10. The highest BCUT2D eigenvalue weighted by molar-refractivity contribution is 6.36. The number of nitrogens with zero attached hydrogens (tertiary/aromatic N) is 2. The van der Waals surface area contributed by atoms with E-state index < -0.39 is 17.1 Å². The minimum absolute atomic E-state index is 0.0398. The molecule has 10 heteroatoms. The molecule has 0 amide bonds.